The van der Waals surface area contributed by atoms with Crippen molar-refractivity contribution in [3.05, 3.63) is 47.0 Å². The molecule has 2 heterocycles. The van der Waals surface area contributed by atoms with E-state index >= 15 is 0 Å². The second kappa shape index (κ2) is 11.1. The van der Waals surface area contributed by atoms with E-state index in [1.165, 1.54) is 12.5 Å². The maximum absolute atomic E-state index is 14.5. The van der Waals surface area contributed by atoms with E-state index in [2.05, 4.69) is 20.2 Å². The highest BCUT2D eigenvalue weighted by Crippen LogP contribution is 2.49. The number of amides is 1. The van der Waals surface area contributed by atoms with Crippen LogP contribution in [0.1, 0.15) is 56.9 Å². The summed E-state index contributed by atoms with van der Waals surface area (Å²) in [5.41, 5.74) is 0.422. The lowest BCUT2D eigenvalue weighted by Crippen LogP contribution is -2.35. The van der Waals surface area contributed by atoms with Crippen molar-refractivity contribution in [2.24, 2.45) is 17.8 Å². The lowest BCUT2D eigenvalue weighted by atomic mass is 9.90. The van der Waals surface area contributed by atoms with E-state index in [-0.39, 0.29) is 24.2 Å². The van der Waals surface area contributed by atoms with Crippen molar-refractivity contribution in [1.82, 2.24) is 15.3 Å². The second-order valence-corrected chi connectivity index (χ2v) is 10.7. The number of halogens is 2. The largest absolute Gasteiger partial charge is 0.493 e. The van der Waals surface area contributed by atoms with Gasteiger partial charge in [-0.3, -0.25) is 4.79 Å². The molecule has 5 rings (SSSR count). The Hall–Kier alpha value is -2.41. The van der Waals surface area contributed by atoms with E-state index in [0.29, 0.717) is 28.9 Å². The zero-order chi connectivity index (χ0) is 24.2. The molecule has 188 valence electrons. The Morgan fingerprint density at radius 3 is 2.60 bits per heavy atom. The third kappa shape index (κ3) is 6.43. The summed E-state index contributed by atoms with van der Waals surface area (Å²) >= 11 is 5.89. The molecule has 3 fully saturated rings. The molecule has 6 nitrogen and oxygen atoms in total. The summed E-state index contributed by atoms with van der Waals surface area (Å²) in [6.45, 7) is 2.56. The average molecular weight is 501 g/mol. The van der Waals surface area contributed by atoms with Gasteiger partial charge >= 0.3 is 0 Å². The first kappa shape index (κ1) is 24.3. The minimum atomic E-state index is -0.371. The quantitative estimate of drug-likeness (QED) is 0.513. The number of hydrogen-bond donors (Lipinski definition) is 1. The third-order valence-electron chi connectivity index (χ3n) is 7.87. The van der Waals surface area contributed by atoms with Crippen molar-refractivity contribution in [2.75, 3.05) is 24.6 Å². The standard InChI is InChI=1S/C27H34ClFN4O2/c28-21-16-30-27(31-17-21)33-10-7-18(8-11-33)24-13-19(24)9-12-35-23-6-5-20(25(29)15-23)14-26(34)32-22-3-1-2-4-22/h5-6,15-19,22,24H,1-4,7-14H2,(H,32,34)/t19-,24-/m0/s1. The first-order valence-electron chi connectivity index (χ1n) is 13.0. The van der Waals surface area contributed by atoms with Crippen LogP contribution in [-0.2, 0) is 11.2 Å². The lowest BCUT2D eigenvalue weighted by molar-refractivity contribution is -0.121. The Bertz CT molecular complexity index is 1010. The molecule has 0 unspecified atom stereocenters. The monoisotopic (exact) mass is 500 g/mol. The molecule has 1 amide bonds. The van der Waals surface area contributed by atoms with Gasteiger partial charge in [-0.2, -0.15) is 0 Å². The minimum Gasteiger partial charge on any atom is -0.493 e. The molecule has 35 heavy (non-hydrogen) atoms. The van der Waals surface area contributed by atoms with Crippen LogP contribution in [0.5, 0.6) is 5.75 Å². The van der Waals surface area contributed by atoms with Crippen molar-refractivity contribution >= 4 is 23.5 Å². The van der Waals surface area contributed by atoms with Crippen LogP contribution in [0.2, 0.25) is 5.02 Å². The van der Waals surface area contributed by atoms with Crippen LogP contribution in [0.25, 0.3) is 0 Å². The maximum Gasteiger partial charge on any atom is 0.225 e. The predicted molar refractivity (Wildman–Crippen MR) is 134 cm³/mol. The van der Waals surface area contributed by atoms with Gasteiger partial charge in [-0.15, -0.1) is 0 Å². The molecule has 0 radical (unpaired) electrons. The van der Waals surface area contributed by atoms with Crippen LogP contribution >= 0.6 is 11.6 Å². The van der Waals surface area contributed by atoms with Gasteiger partial charge in [0.05, 0.1) is 30.4 Å². The van der Waals surface area contributed by atoms with Crippen molar-refractivity contribution in [1.29, 1.82) is 0 Å². The van der Waals surface area contributed by atoms with Crippen molar-refractivity contribution in [3.63, 3.8) is 0 Å². The smallest absolute Gasteiger partial charge is 0.225 e. The normalized spacial score (nSPS) is 22.9. The summed E-state index contributed by atoms with van der Waals surface area (Å²) in [6.07, 6.45) is 12.3. The fraction of sp³-hybridized carbons (Fsp3) is 0.593. The van der Waals surface area contributed by atoms with Crippen LogP contribution in [0.3, 0.4) is 0 Å². The average Bonchev–Trinajstić information content (AvgIpc) is 3.45. The number of carbonyl (C=O) groups is 1. The first-order valence-corrected chi connectivity index (χ1v) is 13.4. The number of hydrogen-bond acceptors (Lipinski definition) is 5. The Kier molecular flexibility index (Phi) is 7.71. The van der Waals surface area contributed by atoms with E-state index < -0.39 is 0 Å². The van der Waals surface area contributed by atoms with Gasteiger partial charge in [0.1, 0.15) is 11.6 Å². The molecule has 2 saturated carbocycles. The summed E-state index contributed by atoms with van der Waals surface area (Å²) in [5.74, 6) is 3.04. The molecule has 1 aromatic carbocycles. The van der Waals surface area contributed by atoms with E-state index in [9.17, 15) is 9.18 Å². The molecule has 1 saturated heterocycles. The lowest BCUT2D eigenvalue weighted by Gasteiger charge is -2.32. The van der Waals surface area contributed by atoms with Crippen LogP contribution in [-0.4, -0.2) is 41.6 Å². The third-order valence-corrected chi connectivity index (χ3v) is 8.06. The highest BCUT2D eigenvalue weighted by atomic mass is 35.5. The van der Waals surface area contributed by atoms with Gasteiger partial charge in [-0.1, -0.05) is 30.5 Å². The molecule has 1 aliphatic heterocycles. The molecular weight excluding hydrogens is 467 g/mol. The molecule has 2 atom stereocenters. The van der Waals surface area contributed by atoms with Gasteiger partial charge < -0.3 is 15.0 Å². The number of piperidine rings is 1. The molecule has 2 aliphatic carbocycles. The molecule has 8 heteroatoms. The summed E-state index contributed by atoms with van der Waals surface area (Å²) in [4.78, 5) is 23.1. The van der Waals surface area contributed by atoms with Gasteiger partial charge in [0.2, 0.25) is 11.9 Å². The highest BCUT2D eigenvalue weighted by molar-refractivity contribution is 6.30. The summed E-state index contributed by atoms with van der Waals surface area (Å²) in [7, 11) is 0. The number of nitrogens with one attached hydrogen (secondary N) is 1. The number of anilines is 1. The topological polar surface area (TPSA) is 67.3 Å². The van der Waals surface area contributed by atoms with Crippen LogP contribution < -0.4 is 15.0 Å². The maximum atomic E-state index is 14.5. The zero-order valence-electron chi connectivity index (χ0n) is 20.1. The molecule has 1 aromatic heterocycles. The van der Waals surface area contributed by atoms with Gasteiger partial charge in [-0.05, 0) is 67.9 Å². The van der Waals surface area contributed by atoms with Gasteiger partial charge in [0, 0.05) is 25.2 Å². The number of ether oxygens (including phenoxy) is 1. The van der Waals surface area contributed by atoms with E-state index in [1.54, 1.807) is 24.5 Å². The molecule has 0 spiro atoms. The van der Waals surface area contributed by atoms with Gasteiger partial charge in [-0.25, -0.2) is 14.4 Å². The molecule has 2 aromatic rings. The molecular formula is C27H34ClFN4O2. The number of carbonyl (C=O) groups excluding carboxylic acids is 1. The Balaban J connectivity index is 1.01. The molecule has 1 N–H and O–H groups in total. The van der Waals surface area contributed by atoms with Gasteiger partial charge in [0.25, 0.3) is 0 Å². The fourth-order valence-corrected chi connectivity index (χ4v) is 5.89. The van der Waals surface area contributed by atoms with Crippen molar-refractivity contribution < 1.29 is 13.9 Å². The highest BCUT2D eigenvalue weighted by Gasteiger charge is 2.43. The predicted octanol–water partition coefficient (Wildman–Crippen LogP) is 5.19. The SMILES string of the molecule is O=C(Cc1ccc(OCC[C@H]2C[C@H]2C2CCN(c3ncc(Cl)cn3)CC2)cc1F)NC1CCCC1. The number of rotatable bonds is 9. The fourth-order valence-electron chi connectivity index (χ4n) is 5.79. The van der Waals surface area contributed by atoms with E-state index in [4.69, 9.17) is 16.3 Å². The Morgan fingerprint density at radius 1 is 1.14 bits per heavy atom. The zero-order valence-corrected chi connectivity index (χ0v) is 20.9. The Morgan fingerprint density at radius 2 is 1.89 bits per heavy atom. The summed E-state index contributed by atoms with van der Waals surface area (Å²) in [5, 5.41) is 3.58. The van der Waals surface area contributed by atoms with Gasteiger partial charge in [0.15, 0.2) is 0 Å². The van der Waals surface area contributed by atoms with E-state index in [1.807, 2.05) is 0 Å². The molecule has 3 aliphatic rings. The van der Waals surface area contributed by atoms with Crippen molar-refractivity contribution in [3.8, 4) is 5.75 Å². The van der Waals surface area contributed by atoms with Crippen LogP contribution in [0, 0.1) is 23.6 Å². The minimum absolute atomic E-state index is 0.0787. The first-order chi connectivity index (χ1) is 17.0. The number of benzene rings is 1. The van der Waals surface area contributed by atoms with Crippen molar-refractivity contribution in [2.45, 2.75) is 63.8 Å². The number of nitrogens with zero attached hydrogens (tertiary/aromatic N) is 3. The summed E-state index contributed by atoms with van der Waals surface area (Å²) in [6, 6.07) is 5.12. The van der Waals surface area contributed by atoms with E-state index in [0.717, 1.165) is 75.8 Å². The van der Waals surface area contributed by atoms with Crippen LogP contribution in [0.15, 0.2) is 30.6 Å². The summed E-state index contributed by atoms with van der Waals surface area (Å²) < 4.78 is 20.4. The Labute approximate surface area is 211 Å². The molecule has 0 bridgehead atoms. The second-order valence-electron chi connectivity index (χ2n) is 10.3. The van der Waals surface area contributed by atoms with Crippen LogP contribution in [0.4, 0.5) is 10.3 Å². The number of aromatic nitrogens is 2.